The van der Waals surface area contributed by atoms with Crippen molar-refractivity contribution in [3.05, 3.63) is 107 Å². The zero-order chi connectivity index (χ0) is 24.9. The smallest absolute Gasteiger partial charge is 0.261 e. The fourth-order valence-electron chi connectivity index (χ4n) is 5.10. The molecule has 6 nitrogen and oxygen atoms in total. The lowest BCUT2D eigenvalue weighted by molar-refractivity contribution is 0.0642. The molecule has 0 N–H and O–H groups in total. The predicted octanol–water partition coefficient (Wildman–Crippen LogP) is 4.26. The van der Waals surface area contributed by atoms with Crippen LogP contribution in [-0.2, 0) is 13.0 Å². The molecule has 0 radical (unpaired) electrons. The van der Waals surface area contributed by atoms with Gasteiger partial charge in [0.25, 0.3) is 17.7 Å². The number of carbonyl (C=O) groups excluding carboxylic acids is 3. The summed E-state index contributed by atoms with van der Waals surface area (Å²) in [4.78, 5) is 44.4. The van der Waals surface area contributed by atoms with Crippen molar-refractivity contribution in [1.82, 2.24) is 14.7 Å². The molecule has 6 heteroatoms. The lowest BCUT2D eigenvalue weighted by Crippen LogP contribution is -2.35. The standard InChI is InChI=1S/C30H31N3O3/c34-28(32-18-8-17-31(19-20-32)16-7-12-23-9-2-1-3-10-23)25-13-6-11-24(21-25)22-33-29(35)26-14-4-5-15-27(26)30(33)36/h1-6,9-11,13-15,21H,7-8,12,16-20,22H2. The summed E-state index contributed by atoms with van der Waals surface area (Å²) in [5, 5.41) is 0. The Kier molecular flexibility index (Phi) is 7.23. The molecule has 3 amide bonds. The summed E-state index contributed by atoms with van der Waals surface area (Å²) in [6.45, 7) is 4.49. The van der Waals surface area contributed by atoms with Gasteiger partial charge >= 0.3 is 0 Å². The summed E-state index contributed by atoms with van der Waals surface area (Å²) in [6, 6.07) is 24.8. The molecule has 0 bridgehead atoms. The van der Waals surface area contributed by atoms with Crippen molar-refractivity contribution in [2.24, 2.45) is 0 Å². The van der Waals surface area contributed by atoms with E-state index >= 15 is 0 Å². The van der Waals surface area contributed by atoms with Gasteiger partial charge in [-0.25, -0.2) is 0 Å². The highest BCUT2D eigenvalue weighted by Crippen LogP contribution is 2.24. The molecule has 2 heterocycles. The number of hydrogen-bond acceptors (Lipinski definition) is 4. The Hall–Kier alpha value is -3.77. The Balaban J connectivity index is 1.17. The Morgan fingerprint density at radius 1 is 0.722 bits per heavy atom. The third kappa shape index (κ3) is 5.24. The molecule has 184 valence electrons. The Morgan fingerprint density at radius 2 is 1.42 bits per heavy atom. The fraction of sp³-hybridized carbons (Fsp3) is 0.300. The molecule has 0 atom stereocenters. The molecule has 1 fully saturated rings. The van der Waals surface area contributed by atoms with Crippen molar-refractivity contribution < 1.29 is 14.4 Å². The molecule has 2 aliphatic heterocycles. The van der Waals surface area contributed by atoms with E-state index in [9.17, 15) is 14.4 Å². The number of benzene rings is 3. The number of carbonyl (C=O) groups is 3. The van der Waals surface area contributed by atoms with Gasteiger partial charge in [0.2, 0.25) is 0 Å². The van der Waals surface area contributed by atoms with Gasteiger partial charge in [0.1, 0.15) is 0 Å². The van der Waals surface area contributed by atoms with E-state index in [1.807, 2.05) is 35.2 Å². The van der Waals surface area contributed by atoms with E-state index in [1.165, 1.54) is 10.5 Å². The minimum Gasteiger partial charge on any atom is -0.337 e. The molecule has 0 aromatic heterocycles. The van der Waals surface area contributed by atoms with Crippen molar-refractivity contribution >= 4 is 17.7 Å². The zero-order valence-corrected chi connectivity index (χ0v) is 20.4. The average Bonchev–Trinajstić information content (AvgIpc) is 3.06. The van der Waals surface area contributed by atoms with Crippen LogP contribution in [0.1, 0.15) is 55.0 Å². The lowest BCUT2D eigenvalue weighted by Gasteiger charge is -2.22. The first kappa shape index (κ1) is 23.9. The van der Waals surface area contributed by atoms with Gasteiger partial charge < -0.3 is 9.80 Å². The third-order valence-electron chi connectivity index (χ3n) is 7.05. The quantitative estimate of drug-likeness (QED) is 0.473. The Bertz CT molecular complexity index is 1220. The van der Waals surface area contributed by atoms with Crippen molar-refractivity contribution in [1.29, 1.82) is 0 Å². The number of aryl methyl sites for hydroxylation is 1. The summed E-state index contributed by atoms with van der Waals surface area (Å²) < 4.78 is 0. The SMILES string of the molecule is O=C(c1cccc(CN2C(=O)c3ccccc3C2=O)c1)N1CCCN(CCCc2ccccc2)CC1. The first-order chi connectivity index (χ1) is 17.6. The minimum atomic E-state index is -0.285. The van der Waals surface area contributed by atoms with E-state index in [1.54, 1.807) is 24.3 Å². The second kappa shape index (κ2) is 10.9. The van der Waals surface area contributed by atoms with Crippen molar-refractivity contribution in [2.45, 2.75) is 25.8 Å². The van der Waals surface area contributed by atoms with Gasteiger partial charge in [0.15, 0.2) is 0 Å². The highest BCUT2D eigenvalue weighted by atomic mass is 16.2. The number of imide groups is 1. The second-order valence-corrected chi connectivity index (χ2v) is 9.52. The van der Waals surface area contributed by atoms with Crippen LogP contribution in [0.25, 0.3) is 0 Å². The molecule has 0 spiro atoms. The van der Waals surface area contributed by atoms with E-state index in [2.05, 4.69) is 29.2 Å². The monoisotopic (exact) mass is 481 g/mol. The van der Waals surface area contributed by atoms with E-state index in [0.29, 0.717) is 23.2 Å². The Labute approximate surface area is 212 Å². The molecule has 0 unspecified atom stereocenters. The number of nitrogens with zero attached hydrogens (tertiary/aromatic N) is 3. The summed E-state index contributed by atoms with van der Waals surface area (Å²) >= 11 is 0. The number of rotatable bonds is 7. The van der Waals surface area contributed by atoms with Crippen molar-refractivity contribution in [2.75, 3.05) is 32.7 Å². The normalized spacial score (nSPS) is 16.2. The molecule has 1 saturated heterocycles. The maximum absolute atomic E-state index is 13.3. The zero-order valence-electron chi connectivity index (χ0n) is 20.4. The minimum absolute atomic E-state index is 0.00495. The van der Waals surface area contributed by atoms with Crippen LogP contribution in [0, 0.1) is 0 Å². The molecule has 0 saturated carbocycles. The number of fused-ring (bicyclic) bond motifs is 1. The first-order valence-corrected chi connectivity index (χ1v) is 12.7. The molecule has 36 heavy (non-hydrogen) atoms. The molecule has 0 aliphatic carbocycles. The molecular weight excluding hydrogens is 450 g/mol. The molecule has 3 aromatic carbocycles. The maximum atomic E-state index is 13.3. The second-order valence-electron chi connectivity index (χ2n) is 9.52. The van der Waals surface area contributed by atoms with Crippen LogP contribution in [0.5, 0.6) is 0 Å². The summed E-state index contributed by atoms with van der Waals surface area (Å²) in [6.07, 6.45) is 3.13. The van der Waals surface area contributed by atoms with Crippen LogP contribution < -0.4 is 0 Å². The van der Waals surface area contributed by atoms with Gasteiger partial charge in [0, 0.05) is 25.2 Å². The predicted molar refractivity (Wildman–Crippen MR) is 139 cm³/mol. The highest BCUT2D eigenvalue weighted by molar-refractivity contribution is 6.21. The molecule has 2 aliphatic rings. The van der Waals surface area contributed by atoms with E-state index in [4.69, 9.17) is 0 Å². The largest absolute Gasteiger partial charge is 0.337 e. The van der Waals surface area contributed by atoms with Crippen LogP contribution in [0.15, 0.2) is 78.9 Å². The van der Waals surface area contributed by atoms with Crippen LogP contribution in [0.4, 0.5) is 0 Å². The average molecular weight is 482 g/mol. The van der Waals surface area contributed by atoms with Crippen LogP contribution in [0.2, 0.25) is 0 Å². The number of amides is 3. The van der Waals surface area contributed by atoms with E-state index in [-0.39, 0.29) is 24.3 Å². The van der Waals surface area contributed by atoms with Gasteiger partial charge in [-0.1, -0.05) is 54.6 Å². The first-order valence-electron chi connectivity index (χ1n) is 12.7. The van der Waals surface area contributed by atoms with Crippen LogP contribution >= 0.6 is 0 Å². The Morgan fingerprint density at radius 3 is 2.17 bits per heavy atom. The van der Waals surface area contributed by atoms with Crippen LogP contribution in [-0.4, -0.2) is 65.1 Å². The van der Waals surface area contributed by atoms with Crippen LogP contribution in [0.3, 0.4) is 0 Å². The molecular formula is C30H31N3O3. The van der Waals surface area contributed by atoms with Crippen molar-refractivity contribution in [3.8, 4) is 0 Å². The fourth-order valence-corrected chi connectivity index (χ4v) is 5.10. The van der Waals surface area contributed by atoms with Crippen molar-refractivity contribution in [3.63, 3.8) is 0 Å². The van der Waals surface area contributed by atoms with Gasteiger partial charge in [-0.3, -0.25) is 19.3 Å². The van der Waals surface area contributed by atoms with E-state index in [0.717, 1.165) is 51.0 Å². The van der Waals surface area contributed by atoms with Gasteiger partial charge in [0.05, 0.1) is 17.7 Å². The topological polar surface area (TPSA) is 60.9 Å². The summed E-state index contributed by atoms with van der Waals surface area (Å²) in [7, 11) is 0. The summed E-state index contributed by atoms with van der Waals surface area (Å²) in [5.74, 6) is -0.565. The molecule has 5 rings (SSSR count). The number of hydrogen-bond donors (Lipinski definition) is 0. The van der Waals surface area contributed by atoms with Gasteiger partial charge in [-0.15, -0.1) is 0 Å². The van der Waals surface area contributed by atoms with Gasteiger partial charge in [-0.2, -0.15) is 0 Å². The third-order valence-corrected chi connectivity index (χ3v) is 7.05. The van der Waals surface area contributed by atoms with Gasteiger partial charge in [-0.05, 0) is 67.7 Å². The molecule has 3 aromatic rings. The highest BCUT2D eigenvalue weighted by Gasteiger charge is 2.35. The summed E-state index contributed by atoms with van der Waals surface area (Å²) in [5.41, 5.74) is 3.61. The lowest BCUT2D eigenvalue weighted by atomic mass is 10.1. The maximum Gasteiger partial charge on any atom is 0.261 e. The van der Waals surface area contributed by atoms with E-state index < -0.39 is 0 Å².